The van der Waals surface area contributed by atoms with Crippen molar-refractivity contribution in [3.8, 4) is 0 Å². The van der Waals surface area contributed by atoms with Crippen LogP contribution >= 0.6 is 11.6 Å². The molecule has 0 saturated carbocycles. The molecule has 8 heavy (non-hydrogen) atoms. The van der Waals surface area contributed by atoms with Crippen molar-refractivity contribution in [2.24, 2.45) is 0 Å². The highest BCUT2D eigenvalue weighted by Crippen LogP contribution is 1.85. The van der Waals surface area contributed by atoms with Crippen LogP contribution in [-0.4, -0.2) is 28.0 Å². The van der Waals surface area contributed by atoms with E-state index >= 15 is 0 Å². The summed E-state index contributed by atoms with van der Waals surface area (Å²) in [6.45, 7) is 3.02. The zero-order chi connectivity index (χ0) is 6.24. The molecule has 0 unspecified atom stereocenters. The molecule has 0 rings (SSSR count). The lowest BCUT2D eigenvalue weighted by atomic mass is 10.5. The fourth-order valence-electron chi connectivity index (χ4n) is 0.329. The topological polar surface area (TPSA) is 9.23 Å². The Labute approximate surface area is 62.4 Å². The predicted octanol–water partition coefficient (Wildman–Crippen LogP) is 1.69. The molecule has 0 aliphatic carbocycles. The standard InChI is InChI=1S/C3H7O.C2H4Cl.Al/c1-2-3-4;1-2-3;/h2-3H2,1H3;1-2H2;/q-1;;+1. The molecule has 0 aromatic carbocycles. The van der Waals surface area contributed by atoms with Crippen molar-refractivity contribution in [2.75, 3.05) is 12.5 Å². The predicted molar refractivity (Wildman–Crippen MR) is 37.5 cm³/mol. The Morgan fingerprint density at radius 3 is 2.88 bits per heavy atom. The van der Waals surface area contributed by atoms with E-state index < -0.39 is 0 Å². The van der Waals surface area contributed by atoms with Gasteiger partial charge >= 0.3 is 15.6 Å². The van der Waals surface area contributed by atoms with Crippen LogP contribution < -0.4 is 0 Å². The Bertz CT molecular complexity index is 37.4. The summed E-state index contributed by atoms with van der Waals surface area (Å²) in [7, 11) is 0. The van der Waals surface area contributed by atoms with Crippen molar-refractivity contribution >= 4 is 27.2 Å². The van der Waals surface area contributed by atoms with Gasteiger partial charge in [-0.25, -0.2) is 0 Å². The van der Waals surface area contributed by atoms with E-state index in [2.05, 4.69) is 6.92 Å². The van der Waals surface area contributed by atoms with Crippen LogP contribution in [0, 0.1) is 0 Å². The third-order valence-electron chi connectivity index (χ3n) is 0.667. The molecule has 0 heterocycles. The number of rotatable bonds is 5. The van der Waals surface area contributed by atoms with Crippen molar-refractivity contribution in [1.82, 2.24) is 0 Å². The minimum Gasteiger partial charge on any atom is -0.507 e. The molecular weight excluding hydrogens is 138 g/mol. The number of hydrogen-bond acceptors (Lipinski definition) is 1. The van der Waals surface area contributed by atoms with E-state index in [-0.39, 0.29) is 15.6 Å². The molecule has 0 fully saturated rings. The SMILES string of the molecule is CCC[O][Al][CH2]CCl. The lowest BCUT2D eigenvalue weighted by Gasteiger charge is -1.95. The quantitative estimate of drug-likeness (QED) is 0.328. The van der Waals surface area contributed by atoms with Crippen molar-refractivity contribution in [1.29, 1.82) is 0 Å². The second-order valence-corrected chi connectivity index (χ2v) is 3.14. The number of hydrogen-bond donors (Lipinski definition) is 0. The molecule has 0 amide bonds. The summed E-state index contributed by atoms with van der Waals surface area (Å²) < 4.78 is 5.22. The van der Waals surface area contributed by atoms with Crippen molar-refractivity contribution in [3.05, 3.63) is 0 Å². The molecule has 47 valence electrons. The normalized spacial score (nSPS) is 9.25. The van der Waals surface area contributed by atoms with Crippen LogP contribution in [0.3, 0.4) is 0 Å². The maximum atomic E-state index is 5.42. The smallest absolute Gasteiger partial charge is 0.424 e. The van der Waals surface area contributed by atoms with Gasteiger partial charge in [0, 0.05) is 12.5 Å². The largest absolute Gasteiger partial charge is 0.507 e. The van der Waals surface area contributed by atoms with Crippen molar-refractivity contribution < 1.29 is 3.79 Å². The molecular formula is C5H11AlClO. The summed E-state index contributed by atoms with van der Waals surface area (Å²) in [6.07, 6.45) is 1.12. The van der Waals surface area contributed by atoms with E-state index in [4.69, 9.17) is 15.4 Å². The van der Waals surface area contributed by atoms with Gasteiger partial charge in [0.2, 0.25) is 0 Å². The monoisotopic (exact) mass is 149 g/mol. The second-order valence-electron chi connectivity index (χ2n) is 1.52. The highest BCUT2D eigenvalue weighted by molar-refractivity contribution is 6.31. The van der Waals surface area contributed by atoms with Gasteiger partial charge in [0.05, 0.1) is 0 Å². The third kappa shape index (κ3) is 6.78. The Kier molecular flexibility index (Phi) is 8.54. The summed E-state index contributed by atoms with van der Waals surface area (Å²) >= 11 is 5.61. The number of halogens is 1. The molecule has 0 aliphatic heterocycles. The second kappa shape index (κ2) is 7.78. The van der Waals surface area contributed by atoms with Gasteiger partial charge in [-0.15, -0.1) is 11.6 Å². The molecule has 0 aliphatic rings. The van der Waals surface area contributed by atoms with E-state index in [0.717, 1.165) is 24.2 Å². The molecule has 0 aromatic rings. The summed E-state index contributed by atoms with van der Waals surface area (Å²) in [5.74, 6) is 0.749. The molecule has 1 radical (unpaired) electrons. The van der Waals surface area contributed by atoms with Crippen LogP contribution in [0.2, 0.25) is 5.28 Å². The van der Waals surface area contributed by atoms with Crippen LogP contribution in [0.15, 0.2) is 0 Å². The maximum Gasteiger partial charge on any atom is 0.424 e. The maximum absolute atomic E-state index is 5.42. The summed E-state index contributed by atoms with van der Waals surface area (Å²) in [6, 6.07) is 0. The lowest BCUT2D eigenvalue weighted by Crippen LogP contribution is -1.99. The summed E-state index contributed by atoms with van der Waals surface area (Å²) in [5.41, 5.74) is 0. The first-order valence-corrected chi connectivity index (χ1v) is 4.73. The number of alkyl halides is 1. The fraction of sp³-hybridized carbons (Fsp3) is 1.00. The zero-order valence-electron chi connectivity index (χ0n) is 5.19. The van der Waals surface area contributed by atoms with Gasteiger partial charge in [0.1, 0.15) is 0 Å². The van der Waals surface area contributed by atoms with E-state index in [1.54, 1.807) is 0 Å². The van der Waals surface area contributed by atoms with Gasteiger partial charge in [0.15, 0.2) is 0 Å². The van der Waals surface area contributed by atoms with E-state index in [9.17, 15) is 0 Å². The van der Waals surface area contributed by atoms with E-state index in [1.807, 2.05) is 0 Å². The molecule has 0 N–H and O–H groups in total. The molecule has 1 nitrogen and oxygen atoms in total. The Morgan fingerprint density at radius 2 is 2.38 bits per heavy atom. The first kappa shape index (κ1) is 8.78. The van der Waals surface area contributed by atoms with Gasteiger partial charge in [-0.2, -0.15) is 0 Å². The van der Waals surface area contributed by atoms with Gasteiger partial charge < -0.3 is 3.79 Å². The Hall–Kier alpha value is 0.782. The van der Waals surface area contributed by atoms with Gasteiger partial charge in [-0.3, -0.25) is 0 Å². The molecule has 0 spiro atoms. The summed E-state index contributed by atoms with van der Waals surface area (Å²) in [5, 5.41) is 1.06. The average molecular weight is 150 g/mol. The third-order valence-corrected chi connectivity index (χ3v) is 2.25. The van der Waals surface area contributed by atoms with Crippen LogP contribution in [-0.2, 0) is 3.79 Å². The van der Waals surface area contributed by atoms with Gasteiger partial charge in [-0.05, 0) is 6.42 Å². The Morgan fingerprint density at radius 1 is 1.62 bits per heavy atom. The van der Waals surface area contributed by atoms with Gasteiger partial charge in [-0.1, -0.05) is 12.2 Å². The minimum atomic E-state index is 0.188. The molecule has 0 bridgehead atoms. The molecule has 0 aromatic heterocycles. The average Bonchev–Trinajstić information content (AvgIpc) is 1.81. The first-order chi connectivity index (χ1) is 3.91. The first-order valence-electron chi connectivity index (χ1n) is 2.91. The fourth-order valence-corrected chi connectivity index (χ4v) is 1.25. The van der Waals surface area contributed by atoms with Crippen LogP contribution in [0.25, 0.3) is 0 Å². The minimum absolute atomic E-state index is 0.188. The Balaban J connectivity index is 2.53. The van der Waals surface area contributed by atoms with Crippen LogP contribution in [0.5, 0.6) is 0 Å². The summed E-state index contributed by atoms with van der Waals surface area (Å²) in [4.78, 5) is 0. The van der Waals surface area contributed by atoms with Crippen molar-refractivity contribution in [2.45, 2.75) is 18.6 Å². The molecule has 0 atom stereocenters. The van der Waals surface area contributed by atoms with Crippen LogP contribution in [0.1, 0.15) is 13.3 Å². The molecule has 0 saturated heterocycles. The van der Waals surface area contributed by atoms with Gasteiger partial charge in [0.25, 0.3) is 0 Å². The molecule has 3 heteroatoms. The van der Waals surface area contributed by atoms with Crippen molar-refractivity contribution in [3.63, 3.8) is 0 Å². The highest BCUT2D eigenvalue weighted by Gasteiger charge is 1.89. The lowest BCUT2D eigenvalue weighted by molar-refractivity contribution is 0.335. The van der Waals surface area contributed by atoms with Crippen LogP contribution in [0.4, 0.5) is 0 Å². The van der Waals surface area contributed by atoms with E-state index in [0.29, 0.717) is 0 Å². The van der Waals surface area contributed by atoms with E-state index in [1.165, 1.54) is 0 Å². The highest BCUT2D eigenvalue weighted by atomic mass is 35.5. The zero-order valence-corrected chi connectivity index (χ0v) is 7.10.